The summed E-state index contributed by atoms with van der Waals surface area (Å²) < 4.78 is 2.00. The highest BCUT2D eigenvalue weighted by Crippen LogP contribution is 2.28. The van der Waals surface area contributed by atoms with Gasteiger partial charge >= 0.3 is 0 Å². The van der Waals surface area contributed by atoms with E-state index in [0.29, 0.717) is 12.5 Å². The molecule has 0 radical (unpaired) electrons. The Labute approximate surface area is 177 Å². The van der Waals surface area contributed by atoms with E-state index in [-0.39, 0.29) is 0 Å². The van der Waals surface area contributed by atoms with E-state index in [1.165, 1.54) is 16.3 Å². The summed E-state index contributed by atoms with van der Waals surface area (Å²) in [5.41, 5.74) is 5.42. The Morgan fingerprint density at radius 1 is 1.00 bits per heavy atom. The maximum atomic E-state index is 4.86. The molecule has 0 bridgehead atoms. The average molecular weight is 397 g/mol. The first-order valence-electron chi connectivity index (χ1n) is 10.5. The van der Waals surface area contributed by atoms with Gasteiger partial charge in [-0.2, -0.15) is 5.10 Å². The van der Waals surface area contributed by atoms with E-state index in [1.54, 1.807) is 0 Å². The van der Waals surface area contributed by atoms with E-state index < -0.39 is 0 Å². The van der Waals surface area contributed by atoms with Crippen molar-refractivity contribution in [1.29, 1.82) is 0 Å². The molecule has 4 heteroatoms. The number of anilines is 1. The topological polar surface area (TPSA) is 42.7 Å². The predicted molar refractivity (Wildman–Crippen MR) is 128 cm³/mol. The van der Waals surface area contributed by atoms with Gasteiger partial charge < -0.3 is 5.32 Å². The third-order valence-electron chi connectivity index (χ3n) is 5.34. The molecule has 4 aromatic rings. The number of hydrogen-bond acceptors (Lipinski definition) is 3. The van der Waals surface area contributed by atoms with Gasteiger partial charge in [0.2, 0.25) is 0 Å². The number of pyridine rings is 1. The predicted octanol–water partition coefficient (Wildman–Crippen LogP) is 6.76. The van der Waals surface area contributed by atoms with Crippen LogP contribution < -0.4 is 5.32 Å². The Morgan fingerprint density at radius 2 is 1.63 bits per heavy atom. The van der Waals surface area contributed by atoms with Crippen LogP contribution in [0.15, 0.2) is 72.8 Å². The highest BCUT2D eigenvalue weighted by molar-refractivity contribution is 5.97. The lowest BCUT2D eigenvalue weighted by Crippen LogP contribution is -2.08. The average Bonchev–Trinajstić information content (AvgIpc) is 3.19. The SMILES string of the molecule is C/C=C\C(=C/C)n1nc(C(C)C)cc1NCc1c2ccccc2nc2ccccc12. The summed E-state index contributed by atoms with van der Waals surface area (Å²) in [6.45, 7) is 9.11. The third-order valence-corrected chi connectivity index (χ3v) is 5.34. The molecule has 4 rings (SSSR count). The highest BCUT2D eigenvalue weighted by Gasteiger charge is 2.14. The lowest BCUT2D eigenvalue weighted by molar-refractivity contribution is 0.777. The molecule has 0 amide bonds. The molecule has 2 aromatic carbocycles. The van der Waals surface area contributed by atoms with Crippen molar-refractivity contribution in [3.05, 3.63) is 84.1 Å². The molecular formula is C26H28N4. The van der Waals surface area contributed by atoms with Crippen molar-refractivity contribution >= 4 is 33.3 Å². The van der Waals surface area contributed by atoms with Crippen molar-refractivity contribution in [3.8, 4) is 0 Å². The number of allylic oxidation sites excluding steroid dienone is 4. The summed E-state index contributed by atoms with van der Waals surface area (Å²) in [6.07, 6.45) is 6.21. The molecule has 2 aromatic heterocycles. The molecule has 30 heavy (non-hydrogen) atoms. The van der Waals surface area contributed by atoms with Gasteiger partial charge in [0.05, 0.1) is 22.4 Å². The number of hydrogen-bond donors (Lipinski definition) is 1. The lowest BCUT2D eigenvalue weighted by Gasteiger charge is -2.14. The fourth-order valence-electron chi connectivity index (χ4n) is 3.76. The van der Waals surface area contributed by atoms with Gasteiger partial charge in [0.15, 0.2) is 0 Å². The number of rotatable bonds is 6. The number of benzene rings is 2. The minimum absolute atomic E-state index is 0.359. The maximum Gasteiger partial charge on any atom is 0.130 e. The van der Waals surface area contributed by atoms with Crippen molar-refractivity contribution in [1.82, 2.24) is 14.8 Å². The zero-order valence-electron chi connectivity index (χ0n) is 18.1. The van der Waals surface area contributed by atoms with E-state index in [2.05, 4.69) is 73.8 Å². The van der Waals surface area contributed by atoms with Crippen LogP contribution in [0.5, 0.6) is 0 Å². The van der Waals surface area contributed by atoms with Crippen LogP contribution in [0.1, 0.15) is 44.9 Å². The summed E-state index contributed by atoms with van der Waals surface area (Å²) >= 11 is 0. The summed E-state index contributed by atoms with van der Waals surface area (Å²) in [5, 5.41) is 10.9. The van der Waals surface area contributed by atoms with Gasteiger partial charge in [0, 0.05) is 23.4 Å². The molecule has 0 saturated carbocycles. The van der Waals surface area contributed by atoms with Crippen molar-refractivity contribution < 1.29 is 0 Å². The van der Waals surface area contributed by atoms with Gasteiger partial charge in [-0.15, -0.1) is 0 Å². The highest BCUT2D eigenvalue weighted by atomic mass is 15.3. The van der Waals surface area contributed by atoms with Crippen LogP contribution in [0.2, 0.25) is 0 Å². The Bertz CT molecular complexity index is 1190. The lowest BCUT2D eigenvalue weighted by atomic mass is 10.0. The van der Waals surface area contributed by atoms with Crippen LogP contribution in [0.3, 0.4) is 0 Å². The van der Waals surface area contributed by atoms with Crippen molar-refractivity contribution in [3.63, 3.8) is 0 Å². The van der Waals surface area contributed by atoms with Crippen molar-refractivity contribution in [2.24, 2.45) is 0 Å². The zero-order valence-corrected chi connectivity index (χ0v) is 18.1. The second-order valence-electron chi connectivity index (χ2n) is 7.71. The minimum Gasteiger partial charge on any atom is -0.366 e. The number of nitrogens with one attached hydrogen (secondary N) is 1. The van der Waals surface area contributed by atoms with Crippen LogP contribution >= 0.6 is 0 Å². The quantitative estimate of drug-likeness (QED) is 0.289. The van der Waals surface area contributed by atoms with Gasteiger partial charge in [-0.05, 0) is 43.5 Å². The standard InChI is InChI=1S/C26H28N4/c1-5-11-19(6-2)30-26(16-25(29-30)18(3)4)27-17-22-20-12-7-9-14-23(20)28-24-15-10-8-13-21(22)24/h5-16,18,27H,17H2,1-4H3/b11-5-,19-6+. The number of aromatic nitrogens is 3. The van der Waals surface area contributed by atoms with E-state index in [9.17, 15) is 0 Å². The summed E-state index contributed by atoms with van der Waals surface area (Å²) in [4.78, 5) is 4.84. The van der Waals surface area contributed by atoms with Crippen LogP contribution in [0.25, 0.3) is 27.5 Å². The van der Waals surface area contributed by atoms with Crippen LogP contribution in [-0.2, 0) is 6.54 Å². The van der Waals surface area contributed by atoms with Crippen LogP contribution in [0.4, 0.5) is 5.82 Å². The molecule has 0 fully saturated rings. The summed E-state index contributed by atoms with van der Waals surface area (Å²) in [5.74, 6) is 1.35. The normalized spacial score (nSPS) is 12.5. The van der Waals surface area contributed by atoms with Gasteiger partial charge in [0.1, 0.15) is 5.82 Å². The molecule has 0 aliphatic carbocycles. The van der Waals surface area contributed by atoms with E-state index in [0.717, 1.165) is 28.2 Å². The number of para-hydroxylation sites is 2. The molecule has 152 valence electrons. The van der Waals surface area contributed by atoms with E-state index in [4.69, 9.17) is 10.1 Å². The van der Waals surface area contributed by atoms with E-state index in [1.807, 2.05) is 36.7 Å². The first-order valence-corrected chi connectivity index (χ1v) is 10.5. The first-order chi connectivity index (χ1) is 14.6. The molecule has 0 atom stereocenters. The molecule has 0 aliphatic heterocycles. The minimum atomic E-state index is 0.359. The summed E-state index contributed by atoms with van der Waals surface area (Å²) in [7, 11) is 0. The molecular weight excluding hydrogens is 368 g/mol. The van der Waals surface area contributed by atoms with Crippen molar-refractivity contribution in [2.75, 3.05) is 5.32 Å². The van der Waals surface area contributed by atoms with Gasteiger partial charge in [0.25, 0.3) is 0 Å². The largest absolute Gasteiger partial charge is 0.366 e. The Balaban J connectivity index is 1.79. The molecule has 0 saturated heterocycles. The smallest absolute Gasteiger partial charge is 0.130 e. The van der Waals surface area contributed by atoms with Crippen LogP contribution in [-0.4, -0.2) is 14.8 Å². The van der Waals surface area contributed by atoms with Gasteiger partial charge in [-0.3, -0.25) is 0 Å². The number of nitrogens with zero attached hydrogens (tertiary/aromatic N) is 3. The Hall–Kier alpha value is -3.40. The zero-order chi connectivity index (χ0) is 21.1. The van der Waals surface area contributed by atoms with Crippen molar-refractivity contribution in [2.45, 2.75) is 40.2 Å². The second-order valence-corrected chi connectivity index (χ2v) is 7.71. The molecule has 0 unspecified atom stereocenters. The third kappa shape index (κ3) is 3.73. The van der Waals surface area contributed by atoms with E-state index >= 15 is 0 Å². The second kappa shape index (κ2) is 8.54. The first kappa shape index (κ1) is 19.9. The Kier molecular flexibility index (Phi) is 5.66. The van der Waals surface area contributed by atoms with Gasteiger partial charge in [-0.25, -0.2) is 9.67 Å². The fraction of sp³-hybridized carbons (Fsp3) is 0.231. The summed E-state index contributed by atoms with van der Waals surface area (Å²) in [6, 6.07) is 18.9. The van der Waals surface area contributed by atoms with Crippen LogP contribution in [0, 0.1) is 0 Å². The maximum absolute atomic E-state index is 4.86. The number of fused-ring (bicyclic) bond motifs is 2. The Morgan fingerprint density at radius 3 is 2.20 bits per heavy atom. The molecule has 0 aliphatic rings. The molecule has 1 N–H and O–H groups in total. The fourth-order valence-corrected chi connectivity index (χ4v) is 3.76. The van der Waals surface area contributed by atoms with Gasteiger partial charge in [-0.1, -0.05) is 62.4 Å². The monoisotopic (exact) mass is 396 g/mol. The molecule has 0 spiro atoms. The molecule has 4 nitrogen and oxygen atoms in total. The molecule has 2 heterocycles.